The van der Waals surface area contributed by atoms with Crippen LogP contribution in [0.2, 0.25) is 0 Å². The molecule has 0 bridgehead atoms. The Morgan fingerprint density at radius 2 is 2.12 bits per heavy atom. The van der Waals surface area contributed by atoms with Gasteiger partial charge in [0, 0.05) is 0 Å². The van der Waals surface area contributed by atoms with E-state index < -0.39 is 6.10 Å². The van der Waals surface area contributed by atoms with Crippen LogP contribution in [0.25, 0.3) is 0 Å². The van der Waals surface area contributed by atoms with Gasteiger partial charge in [-0.15, -0.1) is 0 Å². The summed E-state index contributed by atoms with van der Waals surface area (Å²) >= 11 is 0. The van der Waals surface area contributed by atoms with Crippen LogP contribution in [-0.4, -0.2) is 30.5 Å². The van der Waals surface area contributed by atoms with Crippen LogP contribution in [0.1, 0.15) is 5.56 Å². The second-order valence-electron chi connectivity index (χ2n) is 3.79. The van der Waals surface area contributed by atoms with Gasteiger partial charge in [-0.3, -0.25) is 0 Å². The highest BCUT2D eigenvalue weighted by Gasteiger charge is 2.19. The van der Waals surface area contributed by atoms with E-state index in [-0.39, 0.29) is 6.10 Å². The molecule has 0 saturated carbocycles. The van der Waals surface area contributed by atoms with Crippen molar-refractivity contribution < 1.29 is 14.6 Å². The molecule has 1 N–H and O–H groups in total. The van der Waals surface area contributed by atoms with Gasteiger partial charge in [-0.2, -0.15) is 0 Å². The van der Waals surface area contributed by atoms with E-state index in [1.54, 1.807) is 6.08 Å². The largest absolute Gasteiger partial charge is 0.386 e. The van der Waals surface area contributed by atoms with Crippen molar-refractivity contribution in [2.24, 2.45) is 0 Å². The van der Waals surface area contributed by atoms with Gasteiger partial charge in [0.1, 0.15) is 12.2 Å². The summed E-state index contributed by atoms with van der Waals surface area (Å²) < 4.78 is 10.9. The molecule has 0 radical (unpaired) electrons. The first kappa shape index (κ1) is 11.3. The maximum absolute atomic E-state index is 9.57. The Labute approximate surface area is 95.3 Å². The number of ether oxygens (including phenoxy) is 2. The predicted octanol–water partition coefficient (Wildman–Crippen LogP) is 1.52. The van der Waals surface area contributed by atoms with Gasteiger partial charge < -0.3 is 14.6 Å². The van der Waals surface area contributed by atoms with Crippen molar-refractivity contribution in [2.75, 3.05) is 13.2 Å². The summed E-state index contributed by atoms with van der Waals surface area (Å²) in [5.41, 5.74) is 1.13. The summed E-state index contributed by atoms with van der Waals surface area (Å²) in [7, 11) is 0. The van der Waals surface area contributed by atoms with E-state index in [1.165, 1.54) is 0 Å². The molecule has 1 heterocycles. The van der Waals surface area contributed by atoms with Crippen LogP contribution in [0.15, 0.2) is 42.5 Å². The number of rotatable bonds is 4. The number of aliphatic hydroxyl groups is 1. The number of hydrogen-bond donors (Lipinski definition) is 1. The first-order valence-corrected chi connectivity index (χ1v) is 5.44. The van der Waals surface area contributed by atoms with E-state index in [1.807, 2.05) is 36.4 Å². The van der Waals surface area contributed by atoms with Gasteiger partial charge in [-0.25, -0.2) is 0 Å². The fourth-order valence-corrected chi connectivity index (χ4v) is 1.61. The fourth-order valence-electron chi connectivity index (χ4n) is 1.61. The molecule has 2 rings (SSSR count). The molecular formula is C13H16O3. The van der Waals surface area contributed by atoms with Crippen LogP contribution < -0.4 is 0 Å². The van der Waals surface area contributed by atoms with Gasteiger partial charge in [-0.05, 0) is 5.56 Å². The fraction of sp³-hybridized carbons (Fsp3) is 0.385. The van der Waals surface area contributed by atoms with Crippen LogP contribution >= 0.6 is 0 Å². The Kier molecular flexibility index (Phi) is 4.10. The van der Waals surface area contributed by atoms with E-state index >= 15 is 0 Å². The maximum atomic E-state index is 9.57. The molecule has 0 fully saturated rings. The van der Waals surface area contributed by atoms with Crippen molar-refractivity contribution in [1.29, 1.82) is 0 Å². The molecule has 1 aromatic carbocycles. The normalized spacial score (nSPS) is 24.6. The minimum atomic E-state index is -0.551. The topological polar surface area (TPSA) is 38.7 Å². The van der Waals surface area contributed by atoms with E-state index in [4.69, 9.17) is 9.47 Å². The molecule has 1 aliphatic rings. The minimum Gasteiger partial charge on any atom is -0.386 e. The van der Waals surface area contributed by atoms with Crippen molar-refractivity contribution in [2.45, 2.75) is 18.8 Å². The molecule has 3 heteroatoms. The van der Waals surface area contributed by atoms with Crippen molar-refractivity contribution >= 4 is 0 Å². The van der Waals surface area contributed by atoms with Crippen molar-refractivity contribution in [3.8, 4) is 0 Å². The molecule has 2 atom stereocenters. The molecular weight excluding hydrogens is 204 g/mol. The average molecular weight is 220 g/mol. The Morgan fingerprint density at radius 1 is 1.31 bits per heavy atom. The Morgan fingerprint density at radius 3 is 2.88 bits per heavy atom. The predicted molar refractivity (Wildman–Crippen MR) is 61.0 cm³/mol. The van der Waals surface area contributed by atoms with Crippen molar-refractivity contribution in [3.05, 3.63) is 48.0 Å². The second kappa shape index (κ2) is 5.80. The molecule has 0 spiro atoms. The molecule has 2 unspecified atom stereocenters. The summed E-state index contributed by atoms with van der Waals surface area (Å²) in [5, 5.41) is 9.57. The summed E-state index contributed by atoms with van der Waals surface area (Å²) in [6.45, 7) is 1.52. The smallest absolute Gasteiger partial charge is 0.111 e. The van der Waals surface area contributed by atoms with Crippen molar-refractivity contribution in [1.82, 2.24) is 0 Å². The zero-order valence-corrected chi connectivity index (χ0v) is 9.08. The van der Waals surface area contributed by atoms with E-state index in [2.05, 4.69) is 0 Å². The first-order valence-electron chi connectivity index (χ1n) is 5.44. The SMILES string of the molecule is OC1C=CCOC1COCc1ccccc1. The summed E-state index contributed by atoms with van der Waals surface area (Å²) in [6, 6.07) is 9.96. The van der Waals surface area contributed by atoms with E-state index in [0.29, 0.717) is 19.8 Å². The van der Waals surface area contributed by atoms with Gasteiger partial charge in [-0.1, -0.05) is 42.5 Å². The highest BCUT2D eigenvalue weighted by atomic mass is 16.5. The summed E-state index contributed by atoms with van der Waals surface area (Å²) in [4.78, 5) is 0. The molecule has 0 aliphatic carbocycles. The molecule has 86 valence electrons. The van der Waals surface area contributed by atoms with Gasteiger partial charge in [0.2, 0.25) is 0 Å². The van der Waals surface area contributed by atoms with Crippen LogP contribution in [0.5, 0.6) is 0 Å². The minimum absolute atomic E-state index is 0.242. The lowest BCUT2D eigenvalue weighted by atomic mass is 10.1. The molecule has 1 aromatic rings. The number of hydrogen-bond acceptors (Lipinski definition) is 3. The lowest BCUT2D eigenvalue weighted by molar-refractivity contribution is -0.0668. The monoisotopic (exact) mass is 220 g/mol. The maximum Gasteiger partial charge on any atom is 0.111 e. The number of benzene rings is 1. The third kappa shape index (κ3) is 3.17. The first-order chi connectivity index (χ1) is 7.86. The van der Waals surface area contributed by atoms with Crippen molar-refractivity contribution in [3.63, 3.8) is 0 Å². The Bertz CT molecular complexity index is 334. The van der Waals surface area contributed by atoms with Gasteiger partial charge >= 0.3 is 0 Å². The third-order valence-electron chi connectivity index (χ3n) is 2.51. The van der Waals surface area contributed by atoms with Gasteiger partial charge in [0.05, 0.1) is 19.8 Å². The Hall–Kier alpha value is -1.16. The quantitative estimate of drug-likeness (QED) is 0.782. The molecule has 16 heavy (non-hydrogen) atoms. The highest BCUT2D eigenvalue weighted by Crippen LogP contribution is 2.09. The van der Waals surface area contributed by atoms with Crippen LogP contribution in [-0.2, 0) is 16.1 Å². The highest BCUT2D eigenvalue weighted by molar-refractivity contribution is 5.13. The molecule has 3 nitrogen and oxygen atoms in total. The van der Waals surface area contributed by atoms with Gasteiger partial charge in [0.25, 0.3) is 0 Å². The summed E-state index contributed by atoms with van der Waals surface area (Å²) in [6.07, 6.45) is 2.77. The van der Waals surface area contributed by atoms with E-state index in [9.17, 15) is 5.11 Å². The lowest BCUT2D eigenvalue weighted by Crippen LogP contribution is -2.34. The molecule has 0 amide bonds. The molecule has 0 aromatic heterocycles. The zero-order chi connectivity index (χ0) is 11.2. The van der Waals surface area contributed by atoms with E-state index in [0.717, 1.165) is 5.56 Å². The molecule has 0 saturated heterocycles. The molecule has 1 aliphatic heterocycles. The third-order valence-corrected chi connectivity index (χ3v) is 2.51. The lowest BCUT2D eigenvalue weighted by Gasteiger charge is -2.23. The Balaban J connectivity index is 1.74. The standard InChI is InChI=1S/C13H16O3/c14-12-7-4-8-16-13(12)10-15-9-11-5-2-1-3-6-11/h1-7,12-14H,8-10H2. The number of aliphatic hydroxyl groups excluding tert-OH is 1. The summed E-state index contributed by atoms with van der Waals surface area (Å²) in [5.74, 6) is 0. The zero-order valence-electron chi connectivity index (χ0n) is 9.08. The second-order valence-corrected chi connectivity index (χ2v) is 3.79. The van der Waals surface area contributed by atoms with Crippen LogP contribution in [0.3, 0.4) is 0 Å². The van der Waals surface area contributed by atoms with Crippen LogP contribution in [0.4, 0.5) is 0 Å². The van der Waals surface area contributed by atoms with Crippen LogP contribution in [0, 0.1) is 0 Å². The van der Waals surface area contributed by atoms with Gasteiger partial charge in [0.15, 0.2) is 0 Å². The average Bonchev–Trinajstić information content (AvgIpc) is 2.33.